The molecule has 3 aromatic rings. The lowest BCUT2D eigenvalue weighted by Gasteiger charge is -2.19. The number of carbonyl (C=O) groups is 2. The van der Waals surface area contributed by atoms with E-state index in [9.17, 15) is 9.59 Å². The normalized spacial score (nSPS) is 10.7. The van der Waals surface area contributed by atoms with Gasteiger partial charge in [-0.05, 0) is 56.3 Å². The van der Waals surface area contributed by atoms with Crippen molar-refractivity contribution in [3.8, 4) is 11.5 Å². The van der Waals surface area contributed by atoms with Gasteiger partial charge in [-0.1, -0.05) is 11.6 Å². The molecule has 1 aromatic heterocycles. The fourth-order valence-corrected chi connectivity index (χ4v) is 3.30. The summed E-state index contributed by atoms with van der Waals surface area (Å²) in [6.07, 6.45) is 0. The van der Waals surface area contributed by atoms with Gasteiger partial charge in [0.05, 0.1) is 12.1 Å². The summed E-state index contributed by atoms with van der Waals surface area (Å²) < 4.78 is 10.7. The summed E-state index contributed by atoms with van der Waals surface area (Å²) in [4.78, 5) is 29.4. The van der Waals surface area contributed by atoms with Crippen molar-refractivity contribution < 1.29 is 19.1 Å². The van der Waals surface area contributed by atoms with Crippen LogP contribution in [0.2, 0.25) is 5.02 Å². The van der Waals surface area contributed by atoms with Crippen molar-refractivity contribution in [3.63, 3.8) is 0 Å². The number of H-pyrrole nitrogens is 1. The van der Waals surface area contributed by atoms with Gasteiger partial charge in [0.2, 0.25) is 0 Å². The minimum absolute atomic E-state index is 0.0916. The van der Waals surface area contributed by atoms with Gasteiger partial charge in [0.15, 0.2) is 6.61 Å². The third-order valence-electron chi connectivity index (χ3n) is 4.73. The summed E-state index contributed by atoms with van der Waals surface area (Å²) in [5.41, 5.74) is 1.77. The lowest BCUT2D eigenvalue weighted by Crippen LogP contribution is -2.34. The molecule has 0 bridgehead atoms. The molecule has 0 spiro atoms. The molecule has 0 saturated carbocycles. The first-order valence-corrected chi connectivity index (χ1v) is 10.0. The Labute approximate surface area is 179 Å². The smallest absolute Gasteiger partial charge is 0.272 e. The van der Waals surface area contributed by atoms with Gasteiger partial charge in [-0.3, -0.25) is 9.59 Å². The molecule has 30 heavy (non-hydrogen) atoms. The molecular weight excluding hydrogens is 406 g/mol. The molecule has 0 saturated heterocycles. The number of rotatable bonds is 8. The van der Waals surface area contributed by atoms with Crippen LogP contribution in [-0.2, 0) is 4.79 Å². The number of hydrogen-bond acceptors (Lipinski definition) is 4. The molecule has 158 valence electrons. The molecule has 2 amide bonds. The van der Waals surface area contributed by atoms with E-state index in [-0.39, 0.29) is 18.4 Å². The number of fused-ring (bicyclic) bond motifs is 1. The lowest BCUT2D eigenvalue weighted by molar-refractivity contribution is -0.132. The Bertz CT molecular complexity index is 1060. The van der Waals surface area contributed by atoms with Crippen molar-refractivity contribution in [1.82, 2.24) is 9.88 Å². The highest BCUT2D eigenvalue weighted by Crippen LogP contribution is 2.28. The third-order valence-corrected chi connectivity index (χ3v) is 5.02. The average molecular weight is 430 g/mol. The van der Waals surface area contributed by atoms with Crippen molar-refractivity contribution in [2.24, 2.45) is 0 Å². The van der Waals surface area contributed by atoms with Gasteiger partial charge in [-0.15, -0.1) is 0 Å². The van der Waals surface area contributed by atoms with Gasteiger partial charge >= 0.3 is 0 Å². The average Bonchev–Trinajstić information content (AvgIpc) is 3.17. The molecule has 8 heteroatoms. The highest BCUT2D eigenvalue weighted by Gasteiger charge is 2.14. The molecule has 3 rings (SSSR count). The first kappa shape index (κ1) is 21.5. The molecule has 2 aromatic carbocycles. The summed E-state index contributed by atoms with van der Waals surface area (Å²) in [6, 6.07) is 12.2. The van der Waals surface area contributed by atoms with Gasteiger partial charge < -0.3 is 24.7 Å². The minimum atomic E-state index is -0.299. The molecule has 0 fully saturated rings. The number of anilines is 1. The molecule has 1 heterocycles. The molecule has 0 aliphatic heterocycles. The number of methoxy groups -OCH3 is 1. The molecule has 0 radical (unpaired) electrons. The van der Waals surface area contributed by atoms with E-state index in [2.05, 4.69) is 10.3 Å². The van der Waals surface area contributed by atoms with Crippen LogP contribution in [0, 0.1) is 0 Å². The number of aromatic nitrogens is 1. The van der Waals surface area contributed by atoms with Crippen molar-refractivity contribution in [2.75, 3.05) is 32.1 Å². The Morgan fingerprint density at radius 3 is 2.53 bits per heavy atom. The van der Waals surface area contributed by atoms with Crippen LogP contribution in [0.4, 0.5) is 5.69 Å². The van der Waals surface area contributed by atoms with Crippen molar-refractivity contribution in [2.45, 2.75) is 13.8 Å². The van der Waals surface area contributed by atoms with Crippen LogP contribution in [-0.4, -0.2) is 48.5 Å². The Hall–Kier alpha value is -3.19. The summed E-state index contributed by atoms with van der Waals surface area (Å²) in [6.45, 7) is 4.98. The van der Waals surface area contributed by atoms with E-state index in [1.165, 1.54) is 0 Å². The number of aromatic amines is 1. The topological polar surface area (TPSA) is 83.7 Å². The van der Waals surface area contributed by atoms with Gasteiger partial charge in [0, 0.05) is 29.7 Å². The zero-order valence-electron chi connectivity index (χ0n) is 17.1. The predicted octanol–water partition coefficient (Wildman–Crippen LogP) is 4.33. The summed E-state index contributed by atoms with van der Waals surface area (Å²) in [5.74, 6) is 0.693. The second kappa shape index (κ2) is 9.54. The second-order valence-electron chi connectivity index (χ2n) is 6.59. The Balaban J connectivity index is 1.66. The van der Waals surface area contributed by atoms with Gasteiger partial charge in [-0.2, -0.15) is 0 Å². The van der Waals surface area contributed by atoms with Gasteiger partial charge in [0.1, 0.15) is 17.2 Å². The number of likely N-dealkylation sites (N-methyl/N-ethyl adjacent to an activating group) is 1. The number of hydrogen-bond donors (Lipinski definition) is 2. The third kappa shape index (κ3) is 4.86. The van der Waals surface area contributed by atoms with Crippen LogP contribution in [0.5, 0.6) is 11.5 Å². The van der Waals surface area contributed by atoms with Crippen LogP contribution in [0.3, 0.4) is 0 Å². The fourth-order valence-electron chi connectivity index (χ4n) is 3.06. The molecule has 7 nitrogen and oxygen atoms in total. The van der Waals surface area contributed by atoms with Crippen molar-refractivity contribution in [1.29, 1.82) is 0 Å². The van der Waals surface area contributed by atoms with Crippen LogP contribution < -0.4 is 14.8 Å². The van der Waals surface area contributed by atoms with Crippen molar-refractivity contribution in [3.05, 3.63) is 53.2 Å². The standard InChI is InChI=1S/C22H24ClN3O4/c1-4-26(5-2)21(27)13-30-20-9-6-15(12-17(20)23)24-22(28)19-11-14-10-16(29-3)7-8-18(14)25-19/h6-12,25H,4-5,13H2,1-3H3,(H,24,28). The number of amides is 2. The van der Waals surface area contributed by atoms with Crippen molar-refractivity contribution >= 4 is 40.0 Å². The van der Waals surface area contributed by atoms with E-state index in [0.717, 1.165) is 16.7 Å². The van der Waals surface area contributed by atoms with Crippen LogP contribution in [0.1, 0.15) is 24.3 Å². The summed E-state index contributed by atoms with van der Waals surface area (Å²) in [7, 11) is 1.60. The molecular formula is C22H24ClN3O4. The lowest BCUT2D eigenvalue weighted by atomic mass is 10.2. The Morgan fingerprint density at radius 2 is 1.87 bits per heavy atom. The number of ether oxygens (including phenoxy) is 2. The van der Waals surface area contributed by atoms with E-state index < -0.39 is 0 Å². The maximum absolute atomic E-state index is 12.6. The second-order valence-corrected chi connectivity index (χ2v) is 7.00. The van der Waals surface area contributed by atoms with E-state index >= 15 is 0 Å². The SMILES string of the molecule is CCN(CC)C(=O)COc1ccc(NC(=O)c2cc3cc(OC)ccc3[nH]2)cc1Cl. The van der Waals surface area contributed by atoms with Crippen LogP contribution in [0.25, 0.3) is 10.9 Å². The zero-order valence-corrected chi connectivity index (χ0v) is 17.9. The first-order valence-electron chi connectivity index (χ1n) is 9.63. The first-order chi connectivity index (χ1) is 14.4. The van der Waals surface area contributed by atoms with Crippen LogP contribution >= 0.6 is 11.6 Å². The van der Waals surface area contributed by atoms with E-state index in [0.29, 0.717) is 35.2 Å². The predicted molar refractivity (Wildman–Crippen MR) is 118 cm³/mol. The number of benzene rings is 2. The number of halogens is 1. The molecule has 0 atom stereocenters. The van der Waals surface area contributed by atoms with E-state index in [1.54, 1.807) is 36.3 Å². The Morgan fingerprint density at radius 1 is 1.10 bits per heavy atom. The van der Waals surface area contributed by atoms with Gasteiger partial charge in [-0.25, -0.2) is 0 Å². The number of carbonyl (C=O) groups excluding carboxylic acids is 2. The highest BCUT2D eigenvalue weighted by atomic mass is 35.5. The zero-order chi connectivity index (χ0) is 21.7. The van der Waals surface area contributed by atoms with E-state index in [1.807, 2.05) is 32.0 Å². The Kier molecular flexibility index (Phi) is 6.84. The van der Waals surface area contributed by atoms with Gasteiger partial charge in [0.25, 0.3) is 11.8 Å². The van der Waals surface area contributed by atoms with Crippen LogP contribution in [0.15, 0.2) is 42.5 Å². The molecule has 0 aliphatic rings. The number of nitrogens with one attached hydrogen (secondary N) is 2. The number of nitrogens with zero attached hydrogens (tertiary/aromatic N) is 1. The maximum Gasteiger partial charge on any atom is 0.272 e. The minimum Gasteiger partial charge on any atom is -0.497 e. The monoisotopic (exact) mass is 429 g/mol. The summed E-state index contributed by atoms with van der Waals surface area (Å²) in [5, 5.41) is 3.98. The summed E-state index contributed by atoms with van der Waals surface area (Å²) >= 11 is 6.26. The van der Waals surface area contributed by atoms with E-state index in [4.69, 9.17) is 21.1 Å². The molecule has 0 aliphatic carbocycles. The maximum atomic E-state index is 12.6. The molecule has 2 N–H and O–H groups in total. The largest absolute Gasteiger partial charge is 0.497 e. The highest BCUT2D eigenvalue weighted by molar-refractivity contribution is 6.32. The molecule has 0 unspecified atom stereocenters. The quantitative estimate of drug-likeness (QED) is 0.558. The fraction of sp³-hybridized carbons (Fsp3) is 0.273.